The second-order valence-electron chi connectivity index (χ2n) is 5.62. The van der Waals surface area contributed by atoms with E-state index in [0.29, 0.717) is 13.1 Å². The number of fused-ring (bicyclic) bond motifs is 1. The highest BCUT2D eigenvalue weighted by molar-refractivity contribution is 5.83. The van der Waals surface area contributed by atoms with E-state index < -0.39 is 18.1 Å². The lowest BCUT2D eigenvalue weighted by Crippen LogP contribution is -2.49. The summed E-state index contributed by atoms with van der Waals surface area (Å²) in [5.41, 5.74) is 2.33. The molecule has 0 radical (unpaired) electrons. The highest BCUT2D eigenvalue weighted by atomic mass is 16.4. The molecule has 2 heterocycles. The standard InChI is InChI=1S/C15H18N2O4/c18-12-7-13(14(19)20)17(9-12)15(21)16-6-5-10-3-1-2-4-11(10)8-16/h1-4,12-13,18H,5-9H2,(H,19,20)/t12-,13-/m0/s1. The van der Waals surface area contributed by atoms with Crippen molar-refractivity contribution < 1.29 is 19.8 Å². The molecule has 0 unspecified atom stereocenters. The molecule has 1 aromatic carbocycles. The van der Waals surface area contributed by atoms with Crippen LogP contribution in [0.1, 0.15) is 17.5 Å². The van der Waals surface area contributed by atoms with E-state index in [4.69, 9.17) is 0 Å². The zero-order valence-corrected chi connectivity index (χ0v) is 11.6. The maximum atomic E-state index is 12.5. The van der Waals surface area contributed by atoms with Gasteiger partial charge in [-0.3, -0.25) is 0 Å². The number of amides is 2. The van der Waals surface area contributed by atoms with Gasteiger partial charge in [-0.25, -0.2) is 9.59 Å². The van der Waals surface area contributed by atoms with Crippen molar-refractivity contribution in [3.05, 3.63) is 35.4 Å². The Morgan fingerprint density at radius 3 is 2.62 bits per heavy atom. The Balaban J connectivity index is 1.76. The molecule has 2 aliphatic heterocycles. The van der Waals surface area contributed by atoms with Gasteiger partial charge in [-0.15, -0.1) is 0 Å². The van der Waals surface area contributed by atoms with E-state index in [1.165, 1.54) is 10.5 Å². The van der Waals surface area contributed by atoms with Gasteiger partial charge in [0.15, 0.2) is 0 Å². The summed E-state index contributed by atoms with van der Waals surface area (Å²) in [5, 5.41) is 18.8. The third-order valence-electron chi connectivity index (χ3n) is 4.21. The van der Waals surface area contributed by atoms with E-state index in [2.05, 4.69) is 6.07 Å². The van der Waals surface area contributed by atoms with Crippen molar-refractivity contribution in [2.75, 3.05) is 13.1 Å². The number of hydrogen-bond acceptors (Lipinski definition) is 3. The molecular formula is C15H18N2O4. The van der Waals surface area contributed by atoms with Gasteiger partial charge < -0.3 is 20.0 Å². The van der Waals surface area contributed by atoms with Crippen molar-refractivity contribution in [2.24, 2.45) is 0 Å². The van der Waals surface area contributed by atoms with Crippen molar-refractivity contribution in [3.63, 3.8) is 0 Å². The lowest BCUT2D eigenvalue weighted by Gasteiger charge is -2.33. The van der Waals surface area contributed by atoms with Gasteiger partial charge in [0.05, 0.1) is 6.10 Å². The summed E-state index contributed by atoms with van der Waals surface area (Å²) in [5.74, 6) is -1.06. The fourth-order valence-corrected chi connectivity index (χ4v) is 3.10. The molecule has 2 atom stereocenters. The molecule has 0 saturated carbocycles. The molecule has 112 valence electrons. The smallest absolute Gasteiger partial charge is 0.326 e. The molecule has 2 amide bonds. The monoisotopic (exact) mass is 290 g/mol. The molecule has 21 heavy (non-hydrogen) atoms. The molecule has 6 nitrogen and oxygen atoms in total. The number of urea groups is 1. The van der Waals surface area contributed by atoms with Gasteiger partial charge in [0, 0.05) is 26.1 Å². The summed E-state index contributed by atoms with van der Waals surface area (Å²) < 4.78 is 0. The molecule has 2 N–H and O–H groups in total. The van der Waals surface area contributed by atoms with E-state index in [-0.39, 0.29) is 19.0 Å². The minimum atomic E-state index is -1.06. The third kappa shape index (κ3) is 2.58. The number of likely N-dealkylation sites (tertiary alicyclic amines) is 1. The number of carboxylic acids is 1. The zero-order chi connectivity index (χ0) is 15.0. The quantitative estimate of drug-likeness (QED) is 0.797. The largest absolute Gasteiger partial charge is 0.480 e. The first-order valence-electron chi connectivity index (χ1n) is 7.09. The summed E-state index contributed by atoms with van der Waals surface area (Å²) >= 11 is 0. The minimum absolute atomic E-state index is 0.0912. The maximum absolute atomic E-state index is 12.5. The lowest BCUT2D eigenvalue weighted by atomic mass is 10.0. The van der Waals surface area contributed by atoms with Gasteiger partial charge in [0.25, 0.3) is 0 Å². The number of aliphatic hydroxyl groups is 1. The maximum Gasteiger partial charge on any atom is 0.326 e. The molecule has 3 rings (SSSR count). The third-order valence-corrected chi connectivity index (χ3v) is 4.21. The highest BCUT2D eigenvalue weighted by Crippen LogP contribution is 2.24. The Labute approximate surface area is 122 Å². The molecule has 1 saturated heterocycles. The molecular weight excluding hydrogens is 272 g/mol. The van der Waals surface area contributed by atoms with Crippen LogP contribution in [0.15, 0.2) is 24.3 Å². The minimum Gasteiger partial charge on any atom is -0.480 e. The predicted octanol–water partition coefficient (Wildman–Crippen LogP) is 0.684. The number of rotatable bonds is 1. The Kier molecular flexibility index (Phi) is 3.55. The SMILES string of the molecule is O=C(O)[C@@H]1C[C@H](O)CN1C(=O)N1CCc2ccccc2C1. The Hall–Kier alpha value is -2.08. The number of hydrogen-bond donors (Lipinski definition) is 2. The van der Waals surface area contributed by atoms with Crippen molar-refractivity contribution in [3.8, 4) is 0 Å². The molecule has 0 bridgehead atoms. The number of aliphatic carboxylic acids is 1. The van der Waals surface area contributed by atoms with Crippen LogP contribution in [0, 0.1) is 0 Å². The van der Waals surface area contributed by atoms with Crippen LogP contribution in [0.4, 0.5) is 4.79 Å². The number of aliphatic hydroxyl groups excluding tert-OH is 1. The Bertz CT molecular complexity index is 575. The normalized spacial score (nSPS) is 24.8. The van der Waals surface area contributed by atoms with Gasteiger partial charge in [0.2, 0.25) is 0 Å². The molecule has 0 spiro atoms. The van der Waals surface area contributed by atoms with Crippen LogP contribution < -0.4 is 0 Å². The van der Waals surface area contributed by atoms with E-state index in [1.807, 2.05) is 18.2 Å². The number of carboxylic acid groups (broad SMARTS) is 1. The van der Waals surface area contributed by atoms with Crippen molar-refractivity contribution in [2.45, 2.75) is 31.5 Å². The zero-order valence-electron chi connectivity index (χ0n) is 11.6. The highest BCUT2D eigenvalue weighted by Gasteiger charge is 2.41. The first-order chi connectivity index (χ1) is 10.1. The molecule has 1 fully saturated rings. The molecule has 1 aromatic rings. The van der Waals surface area contributed by atoms with Crippen molar-refractivity contribution >= 4 is 12.0 Å². The number of nitrogens with zero attached hydrogens (tertiary/aromatic N) is 2. The number of carbonyl (C=O) groups is 2. The van der Waals surface area contributed by atoms with Gasteiger partial charge in [-0.05, 0) is 17.5 Å². The van der Waals surface area contributed by atoms with E-state index in [9.17, 15) is 19.8 Å². The summed E-state index contributed by atoms with van der Waals surface area (Å²) in [6, 6.07) is 6.73. The molecule has 2 aliphatic rings. The molecule has 6 heteroatoms. The van der Waals surface area contributed by atoms with E-state index >= 15 is 0 Å². The Morgan fingerprint density at radius 1 is 1.19 bits per heavy atom. The van der Waals surface area contributed by atoms with Gasteiger partial charge in [-0.2, -0.15) is 0 Å². The number of β-amino-alcohol motifs (C(OH)–C–C–N with tert-alkyl or cyclic N) is 1. The summed E-state index contributed by atoms with van der Waals surface area (Å²) in [7, 11) is 0. The van der Waals surface area contributed by atoms with Crippen LogP contribution in [0.5, 0.6) is 0 Å². The van der Waals surface area contributed by atoms with Crippen LogP contribution in [0.3, 0.4) is 0 Å². The summed E-state index contributed by atoms with van der Waals surface area (Å²) in [6.45, 7) is 1.16. The first kappa shape index (κ1) is 13.9. The van der Waals surface area contributed by atoms with Crippen LogP contribution in [-0.2, 0) is 17.8 Å². The predicted molar refractivity (Wildman–Crippen MR) is 74.7 cm³/mol. The topological polar surface area (TPSA) is 81.1 Å². The molecule has 0 aromatic heterocycles. The average molecular weight is 290 g/mol. The van der Waals surface area contributed by atoms with Crippen LogP contribution in [0.2, 0.25) is 0 Å². The fraction of sp³-hybridized carbons (Fsp3) is 0.467. The van der Waals surface area contributed by atoms with E-state index in [1.54, 1.807) is 4.90 Å². The second kappa shape index (κ2) is 5.37. The summed E-state index contributed by atoms with van der Waals surface area (Å²) in [6.07, 6.45) is 0.119. The number of carbonyl (C=O) groups excluding carboxylic acids is 1. The van der Waals surface area contributed by atoms with E-state index in [0.717, 1.165) is 12.0 Å². The van der Waals surface area contributed by atoms with Crippen LogP contribution in [0.25, 0.3) is 0 Å². The average Bonchev–Trinajstić information content (AvgIpc) is 2.88. The van der Waals surface area contributed by atoms with Crippen LogP contribution >= 0.6 is 0 Å². The summed E-state index contributed by atoms with van der Waals surface area (Å²) in [4.78, 5) is 26.7. The van der Waals surface area contributed by atoms with Gasteiger partial charge in [0.1, 0.15) is 6.04 Å². The Morgan fingerprint density at radius 2 is 1.90 bits per heavy atom. The van der Waals surface area contributed by atoms with Gasteiger partial charge in [-0.1, -0.05) is 24.3 Å². The van der Waals surface area contributed by atoms with Crippen molar-refractivity contribution in [1.29, 1.82) is 0 Å². The molecule has 0 aliphatic carbocycles. The van der Waals surface area contributed by atoms with Gasteiger partial charge >= 0.3 is 12.0 Å². The lowest BCUT2D eigenvalue weighted by molar-refractivity contribution is -0.141. The fourth-order valence-electron chi connectivity index (χ4n) is 3.10. The first-order valence-corrected chi connectivity index (χ1v) is 7.09. The number of benzene rings is 1. The van der Waals surface area contributed by atoms with Crippen LogP contribution in [-0.4, -0.2) is 57.2 Å². The second-order valence-corrected chi connectivity index (χ2v) is 5.62. The van der Waals surface area contributed by atoms with Crippen molar-refractivity contribution in [1.82, 2.24) is 9.80 Å².